The van der Waals surface area contributed by atoms with E-state index in [1.54, 1.807) is 6.92 Å². The van der Waals surface area contributed by atoms with E-state index in [1.165, 1.54) is 6.07 Å². The van der Waals surface area contributed by atoms with Gasteiger partial charge in [0.05, 0.1) is 6.10 Å². The Hall–Kier alpha value is -1.27. The summed E-state index contributed by atoms with van der Waals surface area (Å²) < 4.78 is 32.4. The lowest BCUT2D eigenvalue weighted by molar-refractivity contribution is 0.247. The van der Waals surface area contributed by atoms with Crippen LogP contribution in [0.1, 0.15) is 33.3 Å². The van der Waals surface area contributed by atoms with E-state index in [0.29, 0.717) is 5.56 Å². The van der Waals surface area contributed by atoms with E-state index in [1.807, 2.05) is 0 Å². The second kappa shape index (κ2) is 6.23. The maximum atomic E-state index is 13.3. The maximum absolute atomic E-state index is 13.3. The predicted octanol–water partition coefficient (Wildman–Crippen LogP) is 4.55. The second-order valence-electron chi connectivity index (χ2n) is 6.63. The molecular formula is C15H23F2NO2Si. The number of nitrogens with zero attached hydrogens (tertiary/aromatic N) is 1. The normalized spacial score (nSPS) is 15.1. The highest BCUT2D eigenvalue weighted by atomic mass is 28.4. The highest BCUT2D eigenvalue weighted by Gasteiger charge is 2.39. The zero-order valence-electron chi connectivity index (χ0n) is 13.4. The molecule has 1 aromatic carbocycles. The van der Waals surface area contributed by atoms with E-state index in [0.717, 1.165) is 12.1 Å². The standard InChI is InChI=1S/C15H23F2NO2Si/c1-10(20-21(5,6)15(2,3)4)14(18-19)11-7-8-12(16)13(17)9-11/h7-10,19H,1-6H3/b18-14-. The van der Waals surface area contributed by atoms with Crippen molar-refractivity contribution in [3.8, 4) is 0 Å². The molecule has 21 heavy (non-hydrogen) atoms. The summed E-state index contributed by atoms with van der Waals surface area (Å²) >= 11 is 0. The molecule has 3 nitrogen and oxygen atoms in total. The Morgan fingerprint density at radius 2 is 1.81 bits per heavy atom. The maximum Gasteiger partial charge on any atom is 0.192 e. The van der Waals surface area contributed by atoms with Crippen molar-refractivity contribution in [3.63, 3.8) is 0 Å². The van der Waals surface area contributed by atoms with Crippen LogP contribution in [0.5, 0.6) is 0 Å². The zero-order chi connectivity index (χ0) is 16.4. The number of hydrogen-bond acceptors (Lipinski definition) is 3. The van der Waals surface area contributed by atoms with Gasteiger partial charge in [0.1, 0.15) is 5.71 Å². The summed E-state index contributed by atoms with van der Waals surface area (Å²) in [7, 11) is -2.06. The van der Waals surface area contributed by atoms with Crippen molar-refractivity contribution >= 4 is 14.0 Å². The first-order valence-electron chi connectivity index (χ1n) is 6.85. The molecule has 6 heteroatoms. The Balaban J connectivity index is 3.03. The fourth-order valence-corrected chi connectivity index (χ4v) is 3.05. The van der Waals surface area contributed by atoms with Gasteiger partial charge in [0.2, 0.25) is 0 Å². The highest BCUT2D eigenvalue weighted by molar-refractivity contribution is 6.74. The average Bonchev–Trinajstić information content (AvgIpc) is 2.32. The molecule has 0 fully saturated rings. The van der Waals surface area contributed by atoms with Gasteiger partial charge >= 0.3 is 0 Å². The predicted molar refractivity (Wildman–Crippen MR) is 82.4 cm³/mol. The van der Waals surface area contributed by atoms with E-state index < -0.39 is 26.1 Å². The number of rotatable bonds is 4. The summed E-state index contributed by atoms with van der Waals surface area (Å²) in [5, 5.41) is 12.4. The Morgan fingerprint density at radius 1 is 1.24 bits per heavy atom. The molecule has 0 heterocycles. The summed E-state index contributed by atoms with van der Waals surface area (Å²) in [6, 6.07) is 3.39. The molecule has 0 aromatic heterocycles. The van der Waals surface area contributed by atoms with Crippen LogP contribution in [0, 0.1) is 11.6 Å². The fourth-order valence-electron chi connectivity index (χ4n) is 1.70. The van der Waals surface area contributed by atoms with E-state index in [4.69, 9.17) is 4.43 Å². The number of hydrogen-bond donors (Lipinski definition) is 1. The SMILES string of the molecule is CC(O[Si](C)(C)C(C)(C)C)/C(=N/O)c1ccc(F)c(F)c1. The van der Waals surface area contributed by atoms with Gasteiger partial charge in [0.15, 0.2) is 20.0 Å². The minimum absolute atomic E-state index is 0.00410. The topological polar surface area (TPSA) is 41.8 Å². The first-order chi connectivity index (χ1) is 9.49. The lowest BCUT2D eigenvalue weighted by Crippen LogP contribution is -2.45. The molecule has 0 aliphatic rings. The Bertz CT molecular complexity index is 539. The van der Waals surface area contributed by atoms with Crippen LogP contribution in [0.3, 0.4) is 0 Å². The van der Waals surface area contributed by atoms with Gasteiger partial charge in [0, 0.05) is 5.56 Å². The quantitative estimate of drug-likeness (QED) is 0.383. The lowest BCUT2D eigenvalue weighted by Gasteiger charge is -2.38. The van der Waals surface area contributed by atoms with Gasteiger partial charge in [-0.3, -0.25) is 0 Å². The average molecular weight is 315 g/mol. The molecule has 1 aromatic rings. The Kier molecular flexibility index (Phi) is 5.28. The molecule has 0 aliphatic heterocycles. The molecule has 0 bridgehead atoms. The monoisotopic (exact) mass is 315 g/mol. The van der Waals surface area contributed by atoms with Crippen molar-refractivity contribution in [3.05, 3.63) is 35.4 Å². The molecular weight excluding hydrogens is 292 g/mol. The first-order valence-corrected chi connectivity index (χ1v) is 9.75. The van der Waals surface area contributed by atoms with Crippen molar-refractivity contribution in [2.24, 2.45) is 5.16 Å². The lowest BCUT2D eigenvalue weighted by atomic mass is 10.1. The molecule has 1 unspecified atom stereocenters. The molecule has 0 saturated carbocycles. The van der Waals surface area contributed by atoms with E-state index in [-0.39, 0.29) is 10.7 Å². The van der Waals surface area contributed by atoms with Crippen LogP contribution in [0.25, 0.3) is 0 Å². The van der Waals surface area contributed by atoms with Gasteiger partial charge in [0.25, 0.3) is 0 Å². The molecule has 0 saturated heterocycles. The zero-order valence-corrected chi connectivity index (χ0v) is 14.4. The van der Waals surface area contributed by atoms with Gasteiger partial charge in [-0.05, 0) is 43.3 Å². The highest BCUT2D eigenvalue weighted by Crippen LogP contribution is 2.37. The molecule has 0 spiro atoms. The van der Waals surface area contributed by atoms with E-state index >= 15 is 0 Å². The summed E-state index contributed by atoms with van der Waals surface area (Å²) in [4.78, 5) is 0. The van der Waals surface area contributed by atoms with Crippen molar-refractivity contribution in [1.29, 1.82) is 0 Å². The summed E-state index contributed by atoms with van der Waals surface area (Å²) in [6.45, 7) is 12.2. The van der Waals surface area contributed by atoms with Crippen LogP contribution in [-0.4, -0.2) is 25.3 Å². The van der Waals surface area contributed by atoms with Gasteiger partial charge in [-0.15, -0.1) is 0 Å². The molecule has 1 atom stereocenters. The minimum Gasteiger partial charge on any atom is -0.411 e. The summed E-state index contributed by atoms with van der Waals surface area (Å²) in [6.07, 6.45) is -0.513. The first kappa shape index (κ1) is 17.8. The van der Waals surface area contributed by atoms with E-state index in [9.17, 15) is 14.0 Å². The molecule has 1 rings (SSSR count). The van der Waals surface area contributed by atoms with Crippen molar-refractivity contribution in [2.75, 3.05) is 0 Å². The van der Waals surface area contributed by atoms with Gasteiger partial charge in [-0.25, -0.2) is 8.78 Å². The van der Waals surface area contributed by atoms with Crippen LogP contribution in [0.4, 0.5) is 8.78 Å². The van der Waals surface area contributed by atoms with Crippen LogP contribution in [0.2, 0.25) is 18.1 Å². The number of oxime groups is 1. The largest absolute Gasteiger partial charge is 0.411 e. The van der Waals surface area contributed by atoms with Gasteiger partial charge < -0.3 is 9.63 Å². The number of halogens is 2. The number of benzene rings is 1. The minimum atomic E-state index is -2.06. The Morgan fingerprint density at radius 3 is 2.24 bits per heavy atom. The Labute approximate surface area is 125 Å². The molecule has 0 amide bonds. The second-order valence-corrected chi connectivity index (χ2v) is 11.4. The third-order valence-corrected chi connectivity index (χ3v) is 8.54. The smallest absolute Gasteiger partial charge is 0.192 e. The van der Waals surface area contributed by atoms with Crippen molar-refractivity contribution in [2.45, 2.75) is 51.9 Å². The molecule has 1 N–H and O–H groups in total. The molecule has 0 aliphatic carbocycles. The van der Waals surface area contributed by atoms with E-state index in [2.05, 4.69) is 39.0 Å². The molecule has 118 valence electrons. The summed E-state index contributed by atoms with van der Waals surface area (Å²) in [5.74, 6) is -1.91. The third kappa shape index (κ3) is 4.10. The third-order valence-electron chi connectivity index (χ3n) is 3.99. The van der Waals surface area contributed by atoms with Crippen LogP contribution < -0.4 is 0 Å². The van der Waals surface area contributed by atoms with Crippen LogP contribution in [-0.2, 0) is 4.43 Å². The van der Waals surface area contributed by atoms with Gasteiger partial charge in [-0.1, -0.05) is 25.9 Å². The van der Waals surface area contributed by atoms with Crippen LogP contribution in [0.15, 0.2) is 23.4 Å². The van der Waals surface area contributed by atoms with Gasteiger partial charge in [-0.2, -0.15) is 0 Å². The van der Waals surface area contributed by atoms with Crippen LogP contribution >= 0.6 is 0 Å². The van der Waals surface area contributed by atoms with Crippen molar-refractivity contribution < 1.29 is 18.4 Å². The molecule has 0 radical (unpaired) electrons. The fraction of sp³-hybridized carbons (Fsp3) is 0.533. The van der Waals surface area contributed by atoms with Crippen molar-refractivity contribution in [1.82, 2.24) is 0 Å². The summed E-state index contributed by atoms with van der Waals surface area (Å²) in [5.41, 5.74) is 0.501.